The third-order valence-electron chi connectivity index (χ3n) is 3.52. The molecule has 0 aliphatic carbocycles. The first kappa shape index (κ1) is 20.2. The predicted octanol–water partition coefficient (Wildman–Crippen LogP) is 2.00. The number of likely N-dealkylation sites (N-methyl/N-ethyl adjacent to an activating group) is 1. The minimum Gasteiger partial charge on any atom is -0.350 e. The van der Waals surface area contributed by atoms with Crippen molar-refractivity contribution in [3.63, 3.8) is 0 Å². The molecular weight excluding hydrogens is 309 g/mol. The summed E-state index contributed by atoms with van der Waals surface area (Å²) in [5.41, 5.74) is 1.04. The maximum atomic E-state index is 12.5. The zero-order valence-electron chi connectivity index (χ0n) is 12.5. The Morgan fingerprint density at radius 3 is 2.48 bits per heavy atom. The lowest BCUT2D eigenvalue weighted by Gasteiger charge is -2.29. The van der Waals surface area contributed by atoms with Gasteiger partial charge >= 0.3 is 0 Å². The number of piperidine rings is 1. The van der Waals surface area contributed by atoms with Crippen LogP contribution < -0.4 is 10.6 Å². The number of nitrogens with zero attached hydrogens (tertiary/aromatic N) is 1. The van der Waals surface area contributed by atoms with Crippen LogP contribution in [0.3, 0.4) is 0 Å². The number of hydrogen-bond acceptors (Lipinski definition) is 3. The molecule has 0 radical (unpaired) electrons. The van der Waals surface area contributed by atoms with E-state index < -0.39 is 0 Å². The van der Waals surface area contributed by atoms with Gasteiger partial charge in [-0.05, 0) is 39.0 Å². The molecule has 2 atom stereocenters. The molecule has 0 saturated carbocycles. The van der Waals surface area contributed by atoms with Crippen molar-refractivity contribution in [1.29, 1.82) is 0 Å². The molecule has 1 heterocycles. The van der Waals surface area contributed by atoms with Gasteiger partial charge in [0.1, 0.15) is 6.04 Å². The van der Waals surface area contributed by atoms with Crippen molar-refractivity contribution in [3.8, 4) is 0 Å². The van der Waals surface area contributed by atoms with E-state index in [-0.39, 0.29) is 42.8 Å². The van der Waals surface area contributed by atoms with Gasteiger partial charge in [-0.15, -0.1) is 24.8 Å². The van der Waals surface area contributed by atoms with Crippen molar-refractivity contribution in [2.45, 2.75) is 24.9 Å². The molecule has 1 amide bonds. The fourth-order valence-electron chi connectivity index (χ4n) is 2.57. The second kappa shape index (κ2) is 10.0. The summed E-state index contributed by atoms with van der Waals surface area (Å²) < 4.78 is 0. The lowest BCUT2D eigenvalue weighted by molar-refractivity contribution is -0.126. The van der Waals surface area contributed by atoms with Crippen LogP contribution in [0.5, 0.6) is 0 Å². The van der Waals surface area contributed by atoms with Crippen molar-refractivity contribution in [2.24, 2.45) is 0 Å². The molecule has 6 heteroatoms. The third-order valence-corrected chi connectivity index (χ3v) is 3.52. The Morgan fingerprint density at radius 2 is 1.95 bits per heavy atom. The summed E-state index contributed by atoms with van der Waals surface area (Å²) >= 11 is 0. The van der Waals surface area contributed by atoms with Gasteiger partial charge in [0.2, 0.25) is 5.91 Å². The molecule has 1 fully saturated rings. The van der Waals surface area contributed by atoms with E-state index in [0.717, 1.165) is 31.5 Å². The molecule has 1 saturated heterocycles. The normalized spacial score (nSPS) is 19.1. The van der Waals surface area contributed by atoms with Gasteiger partial charge in [-0.3, -0.25) is 9.69 Å². The largest absolute Gasteiger partial charge is 0.350 e. The molecule has 1 aromatic rings. The van der Waals surface area contributed by atoms with Crippen LogP contribution in [0.4, 0.5) is 0 Å². The van der Waals surface area contributed by atoms with Crippen molar-refractivity contribution < 1.29 is 4.79 Å². The molecule has 2 unspecified atom stereocenters. The molecule has 2 N–H and O–H groups in total. The van der Waals surface area contributed by atoms with Crippen LogP contribution in [0, 0.1) is 0 Å². The molecule has 1 aliphatic rings. The zero-order valence-corrected chi connectivity index (χ0v) is 14.2. The van der Waals surface area contributed by atoms with E-state index in [4.69, 9.17) is 0 Å². The van der Waals surface area contributed by atoms with Gasteiger partial charge in [0.25, 0.3) is 0 Å². The zero-order chi connectivity index (χ0) is 13.7. The fraction of sp³-hybridized carbons (Fsp3) is 0.533. The first-order valence-electron chi connectivity index (χ1n) is 6.91. The van der Waals surface area contributed by atoms with Crippen molar-refractivity contribution in [3.05, 3.63) is 35.9 Å². The van der Waals surface area contributed by atoms with Gasteiger partial charge in [-0.2, -0.15) is 0 Å². The Morgan fingerprint density at radius 1 is 1.29 bits per heavy atom. The highest BCUT2D eigenvalue weighted by Gasteiger charge is 2.25. The first-order chi connectivity index (χ1) is 9.18. The number of halogens is 2. The number of nitrogens with one attached hydrogen (secondary N) is 2. The van der Waals surface area contributed by atoms with Crippen LogP contribution in [0.25, 0.3) is 0 Å². The summed E-state index contributed by atoms with van der Waals surface area (Å²) in [5, 5.41) is 6.48. The molecule has 2 rings (SSSR count). The van der Waals surface area contributed by atoms with Crippen LogP contribution >= 0.6 is 24.8 Å². The Balaban J connectivity index is 0.00000200. The van der Waals surface area contributed by atoms with Crippen molar-refractivity contribution in [2.75, 3.05) is 27.2 Å². The highest BCUT2D eigenvalue weighted by Crippen LogP contribution is 2.18. The topological polar surface area (TPSA) is 44.4 Å². The molecule has 1 aromatic carbocycles. The average Bonchev–Trinajstić information content (AvgIpc) is 2.40. The molecule has 0 aromatic heterocycles. The lowest BCUT2D eigenvalue weighted by Crippen LogP contribution is -2.48. The van der Waals surface area contributed by atoms with Gasteiger partial charge in [-0.1, -0.05) is 30.3 Å². The number of carbonyl (C=O) groups excluding carboxylic acids is 1. The highest BCUT2D eigenvalue weighted by atomic mass is 35.5. The molecule has 1 aliphatic heterocycles. The number of rotatable bonds is 4. The summed E-state index contributed by atoms with van der Waals surface area (Å²) in [6, 6.07) is 9.96. The number of amides is 1. The van der Waals surface area contributed by atoms with Crippen molar-refractivity contribution in [1.82, 2.24) is 15.5 Å². The molecule has 0 spiro atoms. The summed E-state index contributed by atoms with van der Waals surface area (Å²) in [5.74, 6) is 0.0879. The number of benzene rings is 1. The average molecular weight is 334 g/mol. The van der Waals surface area contributed by atoms with Crippen LogP contribution in [-0.4, -0.2) is 44.0 Å². The molecular formula is C15H25Cl2N3O. The monoisotopic (exact) mass is 333 g/mol. The minimum absolute atomic E-state index is 0. The Kier molecular flexibility index (Phi) is 9.62. The molecule has 4 nitrogen and oxygen atoms in total. The first-order valence-corrected chi connectivity index (χ1v) is 6.91. The third kappa shape index (κ3) is 5.83. The maximum absolute atomic E-state index is 12.5. The van der Waals surface area contributed by atoms with E-state index in [1.807, 2.05) is 49.3 Å². The lowest BCUT2D eigenvalue weighted by atomic mass is 10.0. The smallest absolute Gasteiger partial charge is 0.242 e. The van der Waals surface area contributed by atoms with Crippen molar-refractivity contribution >= 4 is 30.7 Å². The van der Waals surface area contributed by atoms with Crippen LogP contribution in [0.2, 0.25) is 0 Å². The van der Waals surface area contributed by atoms with Gasteiger partial charge in [-0.25, -0.2) is 0 Å². The van der Waals surface area contributed by atoms with E-state index in [9.17, 15) is 4.79 Å². The Hall–Kier alpha value is -0.810. The van der Waals surface area contributed by atoms with Gasteiger partial charge in [0.05, 0.1) is 0 Å². The Labute approximate surface area is 139 Å². The highest BCUT2D eigenvalue weighted by molar-refractivity contribution is 5.85. The SMILES string of the molecule is CN(C)C(C(=O)NC1CCCNC1)c1ccccc1.Cl.Cl. The molecule has 120 valence electrons. The van der Waals surface area contributed by atoms with E-state index in [0.29, 0.717) is 0 Å². The summed E-state index contributed by atoms with van der Waals surface area (Å²) in [6.07, 6.45) is 2.19. The van der Waals surface area contributed by atoms with Gasteiger partial charge in [0.15, 0.2) is 0 Å². The summed E-state index contributed by atoms with van der Waals surface area (Å²) in [4.78, 5) is 14.4. The van der Waals surface area contributed by atoms with Gasteiger partial charge < -0.3 is 10.6 Å². The van der Waals surface area contributed by atoms with E-state index >= 15 is 0 Å². The van der Waals surface area contributed by atoms with Crippen LogP contribution in [0.1, 0.15) is 24.4 Å². The molecule has 21 heavy (non-hydrogen) atoms. The van der Waals surface area contributed by atoms with Crippen LogP contribution in [-0.2, 0) is 4.79 Å². The number of carbonyl (C=O) groups is 1. The second-order valence-corrected chi connectivity index (χ2v) is 5.33. The molecule has 0 bridgehead atoms. The predicted molar refractivity (Wildman–Crippen MR) is 91.4 cm³/mol. The second-order valence-electron chi connectivity index (χ2n) is 5.33. The standard InChI is InChI=1S/C15H23N3O.2ClH/c1-18(2)14(12-7-4-3-5-8-12)15(19)17-13-9-6-10-16-11-13;;/h3-5,7-8,13-14,16H,6,9-11H2,1-2H3,(H,17,19);2*1H. The van der Waals surface area contributed by atoms with Gasteiger partial charge in [0, 0.05) is 12.6 Å². The minimum atomic E-state index is -0.219. The maximum Gasteiger partial charge on any atom is 0.242 e. The van der Waals surface area contributed by atoms with E-state index in [1.54, 1.807) is 0 Å². The summed E-state index contributed by atoms with van der Waals surface area (Å²) in [7, 11) is 3.88. The summed E-state index contributed by atoms with van der Waals surface area (Å²) in [6.45, 7) is 1.93. The quantitative estimate of drug-likeness (QED) is 0.885. The number of hydrogen-bond donors (Lipinski definition) is 2. The Bertz CT molecular complexity index is 409. The fourth-order valence-corrected chi connectivity index (χ4v) is 2.57. The van der Waals surface area contributed by atoms with E-state index in [2.05, 4.69) is 10.6 Å². The van der Waals surface area contributed by atoms with E-state index in [1.165, 1.54) is 0 Å². The van der Waals surface area contributed by atoms with Crippen LogP contribution in [0.15, 0.2) is 30.3 Å².